The summed E-state index contributed by atoms with van der Waals surface area (Å²) in [6.45, 7) is 2.06. The lowest BCUT2D eigenvalue weighted by Gasteiger charge is -2.34. The highest BCUT2D eigenvalue weighted by Crippen LogP contribution is 2.38. The summed E-state index contributed by atoms with van der Waals surface area (Å²) in [7, 11) is 0. The molecular formula is C16H20F3NO2. The molecule has 0 aliphatic heterocycles. The first-order valence-electron chi connectivity index (χ1n) is 7.48. The van der Waals surface area contributed by atoms with Gasteiger partial charge in [0.2, 0.25) is 0 Å². The van der Waals surface area contributed by atoms with Crippen LogP contribution in [-0.2, 0) is 9.53 Å². The van der Waals surface area contributed by atoms with Crippen LogP contribution in [-0.4, -0.2) is 18.6 Å². The average molecular weight is 315 g/mol. The van der Waals surface area contributed by atoms with Crippen LogP contribution in [0, 0.1) is 23.4 Å². The molecule has 122 valence electrons. The van der Waals surface area contributed by atoms with Crippen molar-refractivity contribution < 1.29 is 22.7 Å². The molecule has 3 atom stereocenters. The van der Waals surface area contributed by atoms with Crippen LogP contribution in [0.5, 0.6) is 0 Å². The Bertz CT molecular complexity index is 527. The van der Waals surface area contributed by atoms with Crippen molar-refractivity contribution in [3.05, 3.63) is 35.1 Å². The summed E-state index contributed by atoms with van der Waals surface area (Å²) in [5.41, 5.74) is 6.39. The molecule has 0 aromatic heterocycles. The van der Waals surface area contributed by atoms with Crippen molar-refractivity contribution >= 4 is 5.97 Å². The first-order chi connectivity index (χ1) is 10.4. The molecule has 0 bridgehead atoms. The summed E-state index contributed by atoms with van der Waals surface area (Å²) in [5.74, 6) is -4.42. The van der Waals surface area contributed by atoms with Gasteiger partial charge in [0.05, 0.1) is 6.61 Å². The molecule has 1 fully saturated rings. The van der Waals surface area contributed by atoms with Crippen LogP contribution in [0.15, 0.2) is 12.1 Å². The molecular weight excluding hydrogens is 295 g/mol. The van der Waals surface area contributed by atoms with E-state index in [1.807, 2.05) is 0 Å². The van der Waals surface area contributed by atoms with Crippen LogP contribution in [0.2, 0.25) is 0 Å². The summed E-state index contributed by atoms with van der Waals surface area (Å²) >= 11 is 0. The van der Waals surface area contributed by atoms with Crippen LogP contribution < -0.4 is 5.73 Å². The van der Waals surface area contributed by atoms with E-state index in [1.165, 1.54) is 0 Å². The lowest BCUT2D eigenvalue weighted by atomic mass is 9.74. The van der Waals surface area contributed by atoms with E-state index in [0.29, 0.717) is 25.0 Å². The minimum Gasteiger partial charge on any atom is -0.466 e. The Balaban J connectivity index is 2.13. The Morgan fingerprint density at radius 1 is 1.27 bits per heavy atom. The standard InChI is InChI=1S/C16H20F3NO2/c1-2-22-15(21)6-9-3-4-14(20)11(5-9)10-7-12(17)16(19)13(18)8-10/h7-9,11,14H,2-6,20H2,1H3/t9-,11+,14-/m1/s1. The lowest BCUT2D eigenvalue weighted by Crippen LogP contribution is -2.35. The smallest absolute Gasteiger partial charge is 0.306 e. The molecule has 0 amide bonds. The Morgan fingerprint density at radius 3 is 2.50 bits per heavy atom. The summed E-state index contributed by atoms with van der Waals surface area (Å²) in [6.07, 6.45) is 2.21. The minimum atomic E-state index is -1.48. The average Bonchev–Trinajstić information content (AvgIpc) is 2.46. The van der Waals surface area contributed by atoms with Gasteiger partial charge in [0.1, 0.15) is 0 Å². The maximum absolute atomic E-state index is 13.4. The maximum atomic E-state index is 13.4. The van der Waals surface area contributed by atoms with Gasteiger partial charge in [-0.05, 0) is 55.7 Å². The van der Waals surface area contributed by atoms with E-state index in [1.54, 1.807) is 6.92 Å². The van der Waals surface area contributed by atoms with Gasteiger partial charge in [0.15, 0.2) is 17.5 Å². The zero-order valence-corrected chi connectivity index (χ0v) is 12.5. The van der Waals surface area contributed by atoms with Crippen LogP contribution >= 0.6 is 0 Å². The Hall–Kier alpha value is -1.56. The molecule has 1 aromatic carbocycles. The van der Waals surface area contributed by atoms with Gasteiger partial charge < -0.3 is 10.5 Å². The number of halogens is 3. The zero-order valence-electron chi connectivity index (χ0n) is 12.5. The van der Waals surface area contributed by atoms with Gasteiger partial charge in [0.25, 0.3) is 0 Å². The second-order valence-electron chi connectivity index (χ2n) is 5.76. The number of hydrogen-bond donors (Lipinski definition) is 1. The van der Waals surface area contributed by atoms with Gasteiger partial charge in [-0.25, -0.2) is 13.2 Å². The number of ether oxygens (including phenoxy) is 1. The fourth-order valence-electron chi connectivity index (χ4n) is 3.09. The number of carbonyl (C=O) groups is 1. The molecule has 0 unspecified atom stereocenters. The first-order valence-corrected chi connectivity index (χ1v) is 7.48. The number of rotatable bonds is 4. The van der Waals surface area contributed by atoms with E-state index >= 15 is 0 Å². The predicted octanol–water partition coefficient (Wildman–Crippen LogP) is 3.27. The normalized spacial score (nSPS) is 25.0. The van der Waals surface area contributed by atoms with E-state index in [-0.39, 0.29) is 30.3 Å². The highest BCUT2D eigenvalue weighted by atomic mass is 19.2. The highest BCUT2D eigenvalue weighted by Gasteiger charge is 2.31. The summed E-state index contributed by atoms with van der Waals surface area (Å²) in [5, 5.41) is 0. The van der Waals surface area contributed by atoms with Crippen molar-refractivity contribution in [2.75, 3.05) is 6.61 Å². The van der Waals surface area contributed by atoms with Crippen LogP contribution in [0.4, 0.5) is 13.2 Å². The van der Waals surface area contributed by atoms with E-state index in [2.05, 4.69) is 0 Å². The molecule has 6 heteroatoms. The van der Waals surface area contributed by atoms with Crippen LogP contribution in [0.25, 0.3) is 0 Å². The Labute approximate surface area is 127 Å². The number of esters is 1. The van der Waals surface area contributed by atoms with E-state index in [0.717, 1.165) is 18.6 Å². The molecule has 2 rings (SSSR count). The summed E-state index contributed by atoms with van der Waals surface area (Å²) < 4.78 is 44.8. The molecule has 0 saturated heterocycles. The molecule has 3 nitrogen and oxygen atoms in total. The van der Waals surface area contributed by atoms with Crippen molar-refractivity contribution in [3.8, 4) is 0 Å². The predicted molar refractivity (Wildman–Crippen MR) is 75.6 cm³/mol. The molecule has 0 heterocycles. The van der Waals surface area contributed by atoms with E-state index in [4.69, 9.17) is 10.5 Å². The third kappa shape index (κ3) is 3.80. The van der Waals surface area contributed by atoms with Crippen LogP contribution in [0.3, 0.4) is 0 Å². The van der Waals surface area contributed by atoms with Crippen LogP contribution in [0.1, 0.15) is 44.1 Å². The maximum Gasteiger partial charge on any atom is 0.306 e. The van der Waals surface area contributed by atoms with Gasteiger partial charge in [-0.15, -0.1) is 0 Å². The SMILES string of the molecule is CCOC(=O)C[C@@H]1CC[C@@H](N)[C@H](c2cc(F)c(F)c(F)c2)C1. The third-order valence-corrected chi connectivity index (χ3v) is 4.21. The van der Waals surface area contributed by atoms with E-state index < -0.39 is 17.5 Å². The number of benzene rings is 1. The van der Waals surface area contributed by atoms with Gasteiger partial charge in [-0.1, -0.05) is 0 Å². The highest BCUT2D eigenvalue weighted by molar-refractivity contribution is 5.69. The van der Waals surface area contributed by atoms with Gasteiger partial charge in [-0.2, -0.15) is 0 Å². The largest absolute Gasteiger partial charge is 0.466 e. The molecule has 2 N–H and O–H groups in total. The molecule has 22 heavy (non-hydrogen) atoms. The number of carbonyl (C=O) groups excluding carboxylic acids is 1. The molecule has 0 radical (unpaired) electrons. The van der Waals surface area contributed by atoms with Crippen molar-refractivity contribution in [2.24, 2.45) is 11.7 Å². The second-order valence-corrected chi connectivity index (χ2v) is 5.76. The Morgan fingerprint density at radius 2 is 1.91 bits per heavy atom. The van der Waals surface area contributed by atoms with Crippen molar-refractivity contribution in [3.63, 3.8) is 0 Å². The first kappa shape index (κ1) is 16.8. The molecule has 0 spiro atoms. The molecule has 1 aliphatic rings. The topological polar surface area (TPSA) is 52.3 Å². The quantitative estimate of drug-likeness (QED) is 0.685. The number of hydrogen-bond acceptors (Lipinski definition) is 3. The van der Waals surface area contributed by atoms with Gasteiger partial charge in [-0.3, -0.25) is 4.79 Å². The number of nitrogens with two attached hydrogens (primary N) is 1. The fourth-order valence-corrected chi connectivity index (χ4v) is 3.09. The second kappa shape index (κ2) is 7.13. The molecule has 1 saturated carbocycles. The van der Waals surface area contributed by atoms with Crippen molar-refractivity contribution in [2.45, 2.75) is 44.6 Å². The minimum absolute atomic E-state index is 0.0556. The third-order valence-electron chi connectivity index (χ3n) is 4.21. The molecule has 1 aliphatic carbocycles. The lowest BCUT2D eigenvalue weighted by molar-refractivity contribution is -0.144. The zero-order chi connectivity index (χ0) is 16.3. The van der Waals surface area contributed by atoms with Gasteiger partial charge in [0, 0.05) is 12.5 Å². The summed E-state index contributed by atoms with van der Waals surface area (Å²) in [6, 6.07) is 1.73. The fraction of sp³-hybridized carbons (Fsp3) is 0.562. The van der Waals surface area contributed by atoms with Crippen molar-refractivity contribution in [1.29, 1.82) is 0 Å². The monoisotopic (exact) mass is 315 g/mol. The summed E-state index contributed by atoms with van der Waals surface area (Å²) in [4.78, 5) is 11.6. The van der Waals surface area contributed by atoms with Gasteiger partial charge >= 0.3 is 5.97 Å². The van der Waals surface area contributed by atoms with Crippen molar-refractivity contribution in [1.82, 2.24) is 0 Å². The Kier molecular flexibility index (Phi) is 5.45. The van der Waals surface area contributed by atoms with E-state index in [9.17, 15) is 18.0 Å². The molecule has 1 aromatic rings.